The summed E-state index contributed by atoms with van der Waals surface area (Å²) in [4.78, 5) is 0. The number of hydrogen-bond donors (Lipinski definition) is 1. The van der Waals surface area contributed by atoms with Crippen LogP contribution in [0.5, 0.6) is 5.75 Å². The predicted octanol–water partition coefficient (Wildman–Crippen LogP) is 4.69. The van der Waals surface area contributed by atoms with Crippen molar-refractivity contribution < 1.29 is 4.74 Å². The predicted molar refractivity (Wildman–Crippen MR) is 84.6 cm³/mol. The van der Waals surface area contributed by atoms with Gasteiger partial charge in [-0.3, -0.25) is 0 Å². The highest BCUT2D eigenvalue weighted by molar-refractivity contribution is 5.60. The zero-order valence-corrected chi connectivity index (χ0v) is 13.0. The molecule has 2 unspecified atom stereocenters. The van der Waals surface area contributed by atoms with E-state index in [4.69, 9.17) is 4.74 Å². The monoisotopic (exact) mass is 273 g/mol. The van der Waals surface area contributed by atoms with Crippen molar-refractivity contribution >= 4 is 5.69 Å². The van der Waals surface area contributed by atoms with Crippen LogP contribution in [0.1, 0.15) is 49.7 Å². The van der Waals surface area contributed by atoms with E-state index in [2.05, 4.69) is 31.3 Å². The van der Waals surface area contributed by atoms with Crippen molar-refractivity contribution in [2.45, 2.75) is 58.4 Å². The van der Waals surface area contributed by atoms with Crippen LogP contribution in [-0.2, 0) is 0 Å². The van der Waals surface area contributed by atoms with Gasteiger partial charge in [0.25, 0.3) is 0 Å². The number of hydrogen-bond acceptors (Lipinski definition) is 2. The van der Waals surface area contributed by atoms with E-state index in [1.54, 1.807) is 7.11 Å². The van der Waals surface area contributed by atoms with Crippen LogP contribution in [0.2, 0.25) is 0 Å². The van der Waals surface area contributed by atoms with Gasteiger partial charge in [0.1, 0.15) is 5.75 Å². The maximum Gasteiger partial charge on any atom is 0.126 e. The van der Waals surface area contributed by atoms with Gasteiger partial charge in [-0.2, -0.15) is 0 Å². The lowest BCUT2D eigenvalue weighted by atomic mass is 9.82. The van der Waals surface area contributed by atoms with Crippen molar-refractivity contribution in [3.8, 4) is 5.75 Å². The van der Waals surface area contributed by atoms with Crippen molar-refractivity contribution in [3.63, 3.8) is 0 Å². The van der Waals surface area contributed by atoms with Crippen LogP contribution in [0.3, 0.4) is 0 Å². The largest absolute Gasteiger partial charge is 0.496 e. The summed E-state index contributed by atoms with van der Waals surface area (Å²) in [5.74, 6) is 3.06. The molecule has 2 heteroatoms. The smallest absolute Gasteiger partial charge is 0.126 e. The molecule has 2 atom stereocenters. The van der Waals surface area contributed by atoms with Crippen LogP contribution in [0.15, 0.2) is 12.1 Å². The first-order chi connectivity index (χ1) is 9.69. The Kier molecular flexibility index (Phi) is 3.91. The summed E-state index contributed by atoms with van der Waals surface area (Å²) >= 11 is 0. The van der Waals surface area contributed by atoms with Gasteiger partial charge in [0, 0.05) is 17.3 Å². The quantitative estimate of drug-likeness (QED) is 0.859. The van der Waals surface area contributed by atoms with Crippen LogP contribution < -0.4 is 10.1 Å². The molecule has 1 aromatic rings. The molecule has 110 valence electrons. The third-order valence-electron chi connectivity index (χ3n) is 5.17. The second kappa shape index (κ2) is 5.67. The zero-order valence-electron chi connectivity index (χ0n) is 13.0. The minimum Gasteiger partial charge on any atom is -0.496 e. The normalized spacial score (nSPS) is 26.4. The molecule has 2 fully saturated rings. The molecule has 2 aliphatic rings. The molecule has 1 aromatic carbocycles. The number of nitrogens with one attached hydrogen (secondary N) is 1. The van der Waals surface area contributed by atoms with Crippen molar-refractivity contribution in [2.75, 3.05) is 12.4 Å². The molecule has 2 saturated carbocycles. The fourth-order valence-corrected chi connectivity index (χ4v) is 3.87. The van der Waals surface area contributed by atoms with Gasteiger partial charge in [-0.05, 0) is 63.0 Å². The van der Waals surface area contributed by atoms with Crippen LogP contribution in [0, 0.1) is 25.7 Å². The summed E-state index contributed by atoms with van der Waals surface area (Å²) in [6, 6.07) is 5.03. The van der Waals surface area contributed by atoms with Gasteiger partial charge in [-0.15, -0.1) is 0 Å². The molecular formula is C18H27NO. The Morgan fingerprint density at radius 1 is 1.05 bits per heavy atom. The van der Waals surface area contributed by atoms with Crippen LogP contribution >= 0.6 is 0 Å². The molecular weight excluding hydrogens is 246 g/mol. The highest BCUT2D eigenvalue weighted by Gasteiger charge is 2.34. The van der Waals surface area contributed by atoms with Gasteiger partial charge in [0.05, 0.1) is 7.11 Å². The Hall–Kier alpha value is -1.18. The minimum atomic E-state index is 0.653. The first-order valence-electron chi connectivity index (χ1n) is 8.09. The Morgan fingerprint density at radius 2 is 1.85 bits per heavy atom. The molecule has 0 aliphatic heterocycles. The van der Waals surface area contributed by atoms with Gasteiger partial charge >= 0.3 is 0 Å². The first kappa shape index (κ1) is 13.8. The standard InChI is InChI=1S/C18H27NO/c1-12-7-10-17(13(2)18(12)20-3)19-16-6-4-5-15(11-16)14-8-9-14/h7,10,14-16,19H,4-6,8-9,11H2,1-3H3. The van der Waals surface area contributed by atoms with Crippen molar-refractivity contribution in [1.82, 2.24) is 0 Å². The molecule has 1 N–H and O–H groups in total. The zero-order chi connectivity index (χ0) is 14.1. The lowest BCUT2D eigenvalue weighted by Crippen LogP contribution is -2.28. The summed E-state index contributed by atoms with van der Waals surface area (Å²) in [5.41, 5.74) is 3.73. The minimum absolute atomic E-state index is 0.653. The fraction of sp³-hybridized carbons (Fsp3) is 0.667. The first-order valence-corrected chi connectivity index (χ1v) is 8.09. The van der Waals surface area contributed by atoms with E-state index in [0.29, 0.717) is 6.04 Å². The number of anilines is 1. The van der Waals surface area contributed by atoms with E-state index in [1.807, 2.05) is 0 Å². The van der Waals surface area contributed by atoms with Crippen molar-refractivity contribution in [2.24, 2.45) is 11.8 Å². The maximum absolute atomic E-state index is 5.53. The summed E-state index contributed by atoms with van der Waals surface area (Å²) in [6.07, 6.45) is 8.49. The Labute approximate surface area is 122 Å². The SMILES string of the molecule is COc1c(C)ccc(NC2CCCC(C3CC3)C2)c1C. The highest BCUT2D eigenvalue weighted by atomic mass is 16.5. The molecule has 2 aliphatic carbocycles. The number of methoxy groups -OCH3 is 1. The molecule has 20 heavy (non-hydrogen) atoms. The van der Waals surface area contributed by atoms with Gasteiger partial charge in [0.2, 0.25) is 0 Å². The second-order valence-corrected chi connectivity index (χ2v) is 6.69. The number of benzene rings is 1. The number of rotatable bonds is 4. The van der Waals surface area contributed by atoms with Crippen LogP contribution in [0.25, 0.3) is 0 Å². The van der Waals surface area contributed by atoms with E-state index in [9.17, 15) is 0 Å². The van der Waals surface area contributed by atoms with Crippen molar-refractivity contribution in [3.05, 3.63) is 23.3 Å². The molecule has 0 heterocycles. The second-order valence-electron chi connectivity index (χ2n) is 6.69. The summed E-state index contributed by atoms with van der Waals surface area (Å²) in [5, 5.41) is 3.78. The van der Waals surface area contributed by atoms with E-state index in [1.165, 1.54) is 55.3 Å². The molecule has 2 nitrogen and oxygen atoms in total. The lowest BCUT2D eigenvalue weighted by Gasteiger charge is -2.31. The molecule has 0 aromatic heterocycles. The van der Waals surface area contributed by atoms with Crippen LogP contribution in [0.4, 0.5) is 5.69 Å². The highest BCUT2D eigenvalue weighted by Crippen LogP contribution is 2.44. The van der Waals surface area contributed by atoms with Gasteiger partial charge in [0.15, 0.2) is 0 Å². The summed E-state index contributed by atoms with van der Waals surface area (Å²) in [7, 11) is 1.77. The summed E-state index contributed by atoms with van der Waals surface area (Å²) in [6.45, 7) is 4.27. The molecule has 0 saturated heterocycles. The van der Waals surface area contributed by atoms with Crippen LogP contribution in [-0.4, -0.2) is 13.2 Å². The average molecular weight is 273 g/mol. The molecule has 0 bridgehead atoms. The third-order valence-corrected chi connectivity index (χ3v) is 5.17. The molecule has 0 amide bonds. The van der Waals surface area contributed by atoms with Gasteiger partial charge < -0.3 is 10.1 Å². The molecule has 0 radical (unpaired) electrons. The Bertz CT molecular complexity index is 479. The van der Waals surface area contributed by atoms with E-state index < -0.39 is 0 Å². The molecule has 0 spiro atoms. The maximum atomic E-state index is 5.53. The summed E-state index contributed by atoms with van der Waals surface area (Å²) < 4.78 is 5.53. The number of aryl methyl sites for hydroxylation is 1. The molecule has 3 rings (SSSR count). The fourth-order valence-electron chi connectivity index (χ4n) is 3.87. The van der Waals surface area contributed by atoms with Gasteiger partial charge in [-0.25, -0.2) is 0 Å². The number of ether oxygens (including phenoxy) is 1. The Morgan fingerprint density at radius 3 is 2.55 bits per heavy atom. The van der Waals surface area contributed by atoms with E-state index >= 15 is 0 Å². The third kappa shape index (κ3) is 2.79. The van der Waals surface area contributed by atoms with E-state index in [0.717, 1.165) is 17.6 Å². The average Bonchev–Trinajstić information content (AvgIpc) is 3.28. The Balaban J connectivity index is 1.70. The van der Waals surface area contributed by atoms with E-state index in [-0.39, 0.29) is 0 Å². The van der Waals surface area contributed by atoms with Crippen molar-refractivity contribution in [1.29, 1.82) is 0 Å². The van der Waals surface area contributed by atoms with Gasteiger partial charge in [-0.1, -0.05) is 18.9 Å². The topological polar surface area (TPSA) is 21.3 Å². The lowest BCUT2D eigenvalue weighted by molar-refractivity contribution is 0.303.